The topological polar surface area (TPSA) is 59.6 Å². The first-order valence-corrected chi connectivity index (χ1v) is 8.55. The van der Waals surface area contributed by atoms with Crippen molar-refractivity contribution in [3.05, 3.63) is 53.6 Å². The molecule has 3 rings (SSSR count). The van der Waals surface area contributed by atoms with Crippen LogP contribution in [0.25, 0.3) is 0 Å². The highest BCUT2D eigenvalue weighted by Crippen LogP contribution is 2.20. The van der Waals surface area contributed by atoms with Crippen molar-refractivity contribution in [2.45, 2.75) is 26.4 Å². The Morgan fingerprint density at radius 2 is 2.00 bits per heavy atom. The van der Waals surface area contributed by atoms with Gasteiger partial charge >= 0.3 is 0 Å². The van der Waals surface area contributed by atoms with Crippen LogP contribution in [0.5, 0.6) is 5.75 Å². The Morgan fingerprint density at radius 1 is 1.20 bits per heavy atom. The van der Waals surface area contributed by atoms with Gasteiger partial charge in [-0.1, -0.05) is 12.1 Å². The minimum absolute atomic E-state index is 0.0721. The number of benzene rings is 2. The fourth-order valence-electron chi connectivity index (χ4n) is 2.70. The quantitative estimate of drug-likeness (QED) is 0.845. The molecule has 1 aliphatic heterocycles. The van der Waals surface area contributed by atoms with Crippen LogP contribution >= 0.6 is 0 Å². The van der Waals surface area contributed by atoms with E-state index in [0.29, 0.717) is 6.61 Å². The lowest BCUT2D eigenvalue weighted by molar-refractivity contribution is -0.114. The largest absolute Gasteiger partial charge is 0.488 e. The monoisotopic (exact) mass is 340 g/mol. The van der Waals surface area contributed by atoms with Crippen molar-refractivity contribution in [2.24, 2.45) is 0 Å². The number of hydrogen-bond acceptors (Lipinski definition) is 4. The molecule has 1 atom stereocenters. The van der Waals surface area contributed by atoms with E-state index in [9.17, 15) is 4.79 Å². The van der Waals surface area contributed by atoms with Gasteiger partial charge in [-0.2, -0.15) is 0 Å². The van der Waals surface area contributed by atoms with Gasteiger partial charge in [0.05, 0.1) is 19.8 Å². The molecule has 0 aromatic heterocycles. The first-order chi connectivity index (χ1) is 12.1. The molecule has 0 aliphatic carbocycles. The second kappa shape index (κ2) is 8.03. The fourth-order valence-corrected chi connectivity index (χ4v) is 2.70. The van der Waals surface area contributed by atoms with Crippen molar-refractivity contribution in [2.75, 3.05) is 30.4 Å². The molecule has 2 aromatic rings. The molecule has 1 aliphatic rings. The summed E-state index contributed by atoms with van der Waals surface area (Å²) in [5, 5.41) is 6.07. The number of ether oxygens (including phenoxy) is 2. The van der Waals surface area contributed by atoms with Crippen LogP contribution in [0, 0.1) is 13.8 Å². The second-order valence-electron chi connectivity index (χ2n) is 6.35. The molecule has 1 heterocycles. The zero-order valence-electron chi connectivity index (χ0n) is 14.7. The zero-order chi connectivity index (χ0) is 17.6. The van der Waals surface area contributed by atoms with Gasteiger partial charge in [-0.15, -0.1) is 0 Å². The van der Waals surface area contributed by atoms with E-state index in [1.807, 2.05) is 56.3 Å². The Kier molecular flexibility index (Phi) is 5.56. The van der Waals surface area contributed by atoms with E-state index in [1.54, 1.807) is 0 Å². The van der Waals surface area contributed by atoms with Crippen LogP contribution in [0.3, 0.4) is 0 Å². The summed E-state index contributed by atoms with van der Waals surface area (Å²) in [6, 6.07) is 13.7. The third-order valence-corrected chi connectivity index (χ3v) is 4.17. The van der Waals surface area contributed by atoms with Gasteiger partial charge in [0, 0.05) is 17.8 Å². The summed E-state index contributed by atoms with van der Waals surface area (Å²) in [6.45, 7) is 5.62. The first-order valence-electron chi connectivity index (χ1n) is 8.55. The van der Waals surface area contributed by atoms with Gasteiger partial charge in [-0.25, -0.2) is 0 Å². The molecule has 0 spiro atoms. The number of anilines is 2. The van der Waals surface area contributed by atoms with E-state index in [0.717, 1.165) is 41.3 Å². The Hall–Kier alpha value is -2.53. The molecule has 0 saturated carbocycles. The predicted octanol–water partition coefficient (Wildman–Crippen LogP) is 3.52. The Balaban J connectivity index is 1.49. The third kappa shape index (κ3) is 4.97. The molecule has 0 radical (unpaired) electrons. The number of carbonyl (C=O) groups is 1. The maximum absolute atomic E-state index is 12.1. The highest BCUT2D eigenvalue weighted by Gasteiger charge is 2.16. The van der Waals surface area contributed by atoms with Crippen LogP contribution in [-0.2, 0) is 9.53 Å². The molecule has 5 heteroatoms. The van der Waals surface area contributed by atoms with E-state index in [-0.39, 0.29) is 18.6 Å². The Morgan fingerprint density at radius 3 is 2.72 bits per heavy atom. The lowest BCUT2D eigenvalue weighted by atomic mass is 10.1. The van der Waals surface area contributed by atoms with Crippen LogP contribution in [-0.4, -0.2) is 31.8 Å². The number of amides is 1. The third-order valence-electron chi connectivity index (χ3n) is 4.17. The molecule has 1 fully saturated rings. The molecule has 0 bridgehead atoms. The molecule has 2 aromatic carbocycles. The van der Waals surface area contributed by atoms with Gasteiger partial charge in [-0.3, -0.25) is 4.79 Å². The number of hydrogen-bond donors (Lipinski definition) is 2. The maximum atomic E-state index is 12.1. The van der Waals surface area contributed by atoms with E-state index in [4.69, 9.17) is 9.47 Å². The summed E-state index contributed by atoms with van der Waals surface area (Å²) in [5.41, 5.74) is 3.91. The summed E-state index contributed by atoms with van der Waals surface area (Å²) in [5.74, 6) is 0.748. The molecule has 5 nitrogen and oxygen atoms in total. The van der Waals surface area contributed by atoms with Gasteiger partial charge in [-0.05, 0) is 55.3 Å². The minimum Gasteiger partial charge on any atom is -0.488 e. The highest BCUT2D eigenvalue weighted by atomic mass is 16.5. The van der Waals surface area contributed by atoms with Crippen LogP contribution < -0.4 is 15.4 Å². The van der Waals surface area contributed by atoms with Gasteiger partial charge in [0.25, 0.3) is 0 Å². The van der Waals surface area contributed by atoms with E-state index in [2.05, 4.69) is 10.6 Å². The van der Waals surface area contributed by atoms with Gasteiger partial charge in [0.1, 0.15) is 11.9 Å². The molecule has 1 saturated heterocycles. The van der Waals surface area contributed by atoms with Crippen molar-refractivity contribution in [3.63, 3.8) is 0 Å². The first kappa shape index (κ1) is 17.3. The molecule has 1 unspecified atom stereocenters. The SMILES string of the molecule is Cc1ccc(C)c(NC(=O)CNc2ccc(OC3CCOC3)cc2)c1. The Labute approximate surface area is 148 Å². The summed E-state index contributed by atoms with van der Waals surface area (Å²) in [4.78, 5) is 12.1. The van der Waals surface area contributed by atoms with Crippen LogP contribution in [0.15, 0.2) is 42.5 Å². The van der Waals surface area contributed by atoms with Crippen molar-refractivity contribution in [1.29, 1.82) is 0 Å². The molecule has 2 N–H and O–H groups in total. The van der Waals surface area contributed by atoms with Crippen molar-refractivity contribution in [3.8, 4) is 5.75 Å². The number of carbonyl (C=O) groups excluding carboxylic acids is 1. The second-order valence-corrected chi connectivity index (χ2v) is 6.35. The standard InChI is InChI=1S/C20H24N2O3/c1-14-3-4-15(2)19(11-14)22-20(23)12-21-16-5-7-17(8-6-16)25-18-9-10-24-13-18/h3-8,11,18,21H,9-10,12-13H2,1-2H3,(H,22,23). The minimum atomic E-state index is -0.0721. The summed E-state index contributed by atoms with van der Waals surface area (Å²) in [6.07, 6.45) is 1.07. The molecular formula is C20H24N2O3. The van der Waals surface area contributed by atoms with Gasteiger partial charge in [0.15, 0.2) is 0 Å². The fraction of sp³-hybridized carbons (Fsp3) is 0.350. The van der Waals surface area contributed by atoms with Gasteiger partial charge in [0.2, 0.25) is 5.91 Å². The van der Waals surface area contributed by atoms with E-state index in [1.165, 1.54) is 0 Å². The van der Waals surface area contributed by atoms with Crippen LogP contribution in [0.2, 0.25) is 0 Å². The predicted molar refractivity (Wildman–Crippen MR) is 99.3 cm³/mol. The zero-order valence-corrected chi connectivity index (χ0v) is 14.7. The average Bonchev–Trinajstić information content (AvgIpc) is 3.10. The molecule has 1 amide bonds. The summed E-state index contributed by atoms with van der Waals surface area (Å²) in [7, 11) is 0. The van der Waals surface area contributed by atoms with Crippen LogP contribution in [0.4, 0.5) is 11.4 Å². The lowest BCUT2D eigenvalue weighted by Gasteiger charge is -2.13. The summed E-state index contributed by atoms with van der Waals surface area (Å²) >= 11 is 0. The highest BCUT2D eigenvalue weighted by molar-refractivity contribution is 5.94. The smallest absolute Gasteiger partial charge is 0.243 e. The van der Waals surface area contributed by atoms with Crippen molar-refractivity contribution in [1.82, 2.24) is 0 Å². The molecule has 132 valence electrons. The van der Waals surface area contributed by atoms with Crippen molar-refractivity contribution < 1.29 is 14.3 Å². The van der Waals surface area contributed by atoms with Crippen LogP contribution in [0.1, 0.15) is 17.5 Å². The number of aryl methyl sites for hydroxylation is 2. The van der Waals surface area contributed by atoms with Crippen molar-refractivity contribution >= 4 is 17.3 Å². The maximum Gasteiger partial charge on any atom is 0.243 e. The van der Waals surface area contributed by atoms with E-state index < -0.39 is 0 Å². The summed E-state index contributed by atoms with van der Waals surface area (Å²) < 4.78 is 11.1. The average molecular weight is 340 g/mol. The van der Waals surface area contributed by atoms with Gasteiger partial charge < -0.3 is 20.1 Å². The Bertz CT molecular complexity index is 722. The molecular weight excluding hydrogens is 316 g/mol. The lowest BCUT2D eigenvalue weighted by Crippen LogP contribution is -2.22. The number of rotatable bonds is 6. The van der Waals surface area contributed by atoms with E-state index >= 15 is 0 Å². The number of nitrogens with one attached hydrogen (secondary N) is 2. The normalized spacial score (nSPS) is 16.5. The molecule has 25 heavy (non-hydrogen) atoms.